The monoisotopic (exact) mass is 292 g/mol. The maximum absolute atomic E-state index is 12.3. The van der Waals surface area contributed by atoms with E-state index in [-0.39, 0.29) is 5.78 Å². The average Bonchev–Trinajstić information content (AvgIpc) is 2.80. The zero-order valence-corrected chi connectivity index (χ0v) is 11.4. The van der Waals surface area contributed by atoms with Gasteiger partial charge >= 0.3 is 0 Å². The van der Waals surface area contributed by atoms with E-state index in [1.54, 1.807) is 17.1 Å². The first-order chi connectivity index (χ1) is 8.11. The SMILES string of the molecule is CCn1cc(C(=O)c2cc(C)ccc2Br)cn1. The minimum absolute atomic E-state index is 0.000255. The molecule has 88 valence electrons. The van der Waals surface area contributed by atoms with Gasteiger partial charge in [0, 0.05) is 22.8 Å². The van der Waals surface area contributed by atoms with Crippen molar-refractivity contribution >= 4 is 21.7 Å². The van der Waals surface area contributed by atoms with E-state index in [4.69, 9.17) is 0 Å². The molecule has 1 aromatic heterocycles. The molecule has 0 saturated carbocycles. The number of halogens is 1. The van der Waals surface area contributed by atoms with E-state index < -0.39 is 0 Å². The van der Waals surface area contributed by atoms with Crippen LogP contribution in [-0.4, -0.2) is 15.6 Å². The van der Waals surface area contributed by atoms with Crippen LogP contribution in [0.3, 0.4) is 0 Å². The van der Waals surface area contributed by atoms with Gasteiger partial charge in [0.05, 0.1) is 11.8 Å². The summed E-state index contributed by atoms with van der Waals surface area (Å²) in [6.45, 7) is 4.73. The molecule has 0 saturated heterocycles. The lowest BCUT2D eigenvalue weighted by molar-refractivity contribution is 0.103. The molecule has 0 atom stereocenters. The van der Waals surface area contributed by atoms with Crippen LogP contribution in [0.15, 0.2) is 35.1 Å². The molecule has 0 N–H and O–H groups in total. The number of hydrogen-bond donors (Lipinski definition) is 0. The molecule has 4 heteroatoms. The number of carbonyl (C=O) groups excluding carboxylic acids is 1. The lowest BCUT2D eigenvalue weighted by atomic mass is 10.0. The van der Waals surface area contributed by atoms with Gasteiger partial charge in [-0.15, -0.1) is 0 Å². The Hall–Kier alpha value is -1.42. The topological polar surface area (TPSA) is 34.9 Å². The molecule has 3 nitrogen and oxygen atoms in total. The van der Waals surface area contributed by atoms with Crippen molar-refractivity contribution in [2.75, 3.05) is 0 Å². The van der Waals surface area contributed by atoms with E-state index in [0.717, 1.165) is 16.6 Å². The summed E-state index contributed by atoms with van der Waals surface area (Å²) in [7, 11) is 0. The second-order valence-electron chi connectivity index (χ2n) is 3.90. The van der Waals surface area contributed by atoms with Gasteiger partial charge in [-0.2, -0.15) is 5.10 Å². The number of hydrogen-bond acceptors (Lipinski definition) is 2. The van der Waals surface area contributed by atoms with Crippen molar-refractivity contribution in [2.45, 2.75) is 20.4 Å². The van der Waals surface area contributed by atoms with Crippen LogP contribution in [0.1, 0.15) is 28.4 Å². The van der Waals surface area contributed by atoms with E-state index in [1.165, 1.54) is 0 Å². The number of carbonyl (C=O) groups is 1. The van der Waals surface area contributed by atoms with Crippen LogP contribution in [0.25, 0.3) is 0 Å². The van der Waals surface area contributed by atoms with Gasteiger partial charge in [-0.25, -0.2) is 0 Å². The lowest BCUT2D eigenvalue weighted by Gasteiger charge is -2.03. The van der Waals surface area contributed by atoms with E-state index in [9.17, 15) is 4.79 Å². The van der Waals surface area contributed by atoms with Crippen LogP contribution >= 0.6 is 15.9 Å². The molecule has 0 bridgehead atoms. The fourth-order valence-corrected chi connectivity index (χ4v) is 2.05. The van der Waals surface area contributed by atoms with Gasteiger partial charge in [0.15, 0.2) is 5.78 Å². The van der Waals surface area contributed by atoms with Crippen molar-refractivity contribution in [3.63, 3.8) is 0 Å². The zero-order valence-electron chi connectivity index (χ0n) is 9.77. The maximum Gasteiger partial charge on any atom is 0.197 e. The van der Waals surface area contributed by atoms with Crippen molar-refractivity contribution in [2.24, 2.45) is 0 Å². The predicted octanol–water partition coefficient (Wildman–Crippen LogP) is 3.20. The molecule has 0 aliphatic rings. The second kappa shape index (κ2) is 4.84. The fourth-order valence-electron chi connectivity index (χ4n) is 1.62. The first-order valence-corrected chi connectivity index (χ1v) is 6.24. The van der Waals surface area contributed by atoms with Crippen molar-refractivity contribution in [3.05, 3.63) is 51.8 Å². The van der Waals surface area contributed by atoms with E-state index in [2.05, 4.69) is 21.0 Å². The van der Waals surface area contributed by atoms with Crippen molar-refractivity contribution < 1.29 is 4.79 Å². The molecule has 2 rings (SSSR count). The van der Waals surface area contributed by atoms with Crippen molar-refractivity contribution in [1.29, 1.82) is 0 Å². The van der Waals surface area contributed by atoms with Crippen LogP contribution in [-0.2, 0) is 6.54 Å². The fraction of sp³-hybridized carbons (Fsp3) is 0.231. The van der Waals surface area contributed by atoms with Gasteiger partial charge < -0.3 is 0 Å². The Morgan fingerprint density at radius 1 is 1.47 bits per heavy atom. The maximum atomic E-state index is 12.3. The van der Waals surface area contributed by atoms with Gasteiger partial charge in [0.1, 0.15) is 0 Å². The smallest absolute Gasteiger partial charge is 0.197 e. The molecule has 0 amide bonds. The second-order valence-corrected chi connectivity index (χ2v) is 4.75. The largest absolute Gasteiger partial charge is 0.288 e. The van der Waals surface area contributed by atoms with E-state index in [0.29, 0.717) is 11.1 Å². The Labute approximate surface area is 109 Å². The molecule has 0 radical (unpaired) electrons. The van der Waals surface area contributed by atoms with E-state index in [1.807, 2.05) is 32.0 Å². The quantitative estimate of drug-likeness (QED) is 0.814. The third kappa shape index (κ3) is 2.47. The highest BCUT2D eigenvalue weighted by atomic mass is 79.9. The minimum Gasteiger partial charge on any atom is -0.288 e. The number of aryl methyl sites for hydroxylation is 2. The van der Waals surface area contributed by atoms with Gasteiger partial charge in [-0.3, -0.25) is 9.48 Å². The summed E-state index contributed by atoms with van der Waals surface area (Å²) in [5.74, 6) is 0.000255. The van der Waals surface area contributed by atoms with Gasteiger partial charge in [-0.05, 0) is 26.0 Å². The summed E-state index contributed by atoms with van der Waals surface area (Å²) in [5.41, 5.74) is 2.37. The Kier molecular flexibility index (Phi) is 3.43. The number of nitrogens with zero attached hydrogens (tertiary/aromatic N) is 2. The number of aromatic nitrogens is 2. The zero-order chi connectivity index (χ0) is 12.4. The minimum atomic E-state index is 0.000255. The summed E-state index contributed by atoms with van der Waals surface area (Å²) in [4.78, 5) is 12.3. The van der Waals surface area contributed by atoms with Crippen LogP contribution in [0, 0.1) is 6.92 Å². The highest BCUT2D eigenvalue weighted by molar-refractivity contribution is 9.10. The Bertz CT molecular complexity index is 560. The third-order valence-corrected chi connectivity index (χ3v) is 3.28. The highest BCUT2D eigenvalue weighted by Gasteiger charge is 2.14. The standard InChI is InChI=1S/C13H13BrN2O/c1-3-16-8-10(7-15-16)13(17)11-6-9(2)4-5-12(11)14/h4-8H,3H2,1-2H3. The predicted molar refractivity (Wildman–Crippen MR) is 70.2 cm³/mol. The van der Waals surface area contributed by atoms with Crippen molar-refractivity contribution in [1.82, 2.24) is 9.78 Å². The van der Waals surface area contributed by atoms with Crippen LogP contribution in [0.2, 0.25) is 0 Å². The Balaban J connectivity index is 2.39. The Morgan fingerprint density at radius 2 is 2.24 bits per heavy atom. The van der Waals surface area contributed by atoms with Gasteiger partial charge in [0.25, 0.3) is 0 Å². The van der Waals surface area contributed by atoms with Crippen LogP contribution in [0.5, 0.6) is 0 Å². The Morgan fingerprint density at radius 3 is 2.88 bits per heavy atom. The number of rotatable bonds is 3. The van der Waals surface area contributed by atoms with Crippen molar-refractivity contribution in [3.8, 4) is 0 Å². The van der Waals surface area contributed by atoms with E-state index >= 15 is 0 Å². The summed E-state index contributed by atoms with van der Waals surface area (Å²) in [6.07, 6.45) is 3.39. The summed E-state index contributed by atoms with van der Waals surface area (Å²) in [6, 6.07) is 5.75. The summed E-state index contributed by atoms with van der Waals surface area (Å²) in [5, 5.41) is 4.11. The molecule has 0 spiro atoms. The molecule has 0 unspecified atom stereocenters. The summed E-state index contributed by atoms with van der Waals surface area (Å²) < 4.78 is 2.56. The molecule has 0 aliphatic heterocycles. The van der Waals surface area contributed by atoms with Gasteiger partial charge in [0.2, 0.25) is 0 Å². The summed E-state index contributed by atoms with van der Waals surface area (Å²) >= 11 is 3.40. The molecule has 17 heavy (non-hydrogen) atoms. The molecular weight excluding hydrogens is 280 g/mol. The number of ketones is 1. The van der Waals surface area contributed by atoms with Crippen LogP contribution in [0.4, 0.5) is 0 Å². The normalized spacial score (nSPS) is 10.5. The first kappa shape index (κ1) is 12.0. The van der Waals surface area contributed by atoms with Gasteiger partial charge in [-0.1, -0.05) is 27.6 Å². The molecule has 0 fully saturated rings. The third-order valence-electron chi connectivity index (χ3n) is 2.59. The lowest BCUT2D eigenvalue weighted by Crippen LogP contribution is -2.02. The number of benzene rings is 1. The highest BCUT2D eigenvalue weighted by Crippen LogP contribution is 2.21. The molecule has 1 heterocycles. The average molecular weight is 293 g/mol. The molecular formula is C13H13BrN2O. The first-order valence-electron chi connectivity index (χ1n) is 5.45. The van der Waals surface area contributed by atoms with Crippen LogP contribution < -0.4 is 0 Å². The molecule has 0 aliphatic carbocycles. The molecule has 1 aromatic carbocycles. The molecule has 2 aromatic rings.